The predicted molar refractivity (Wildman–Crippen MR) is 113 cm³/mol. The third kappa shape index (κ3) is 5.70. The Morgan fingerprint density at radius 2 is 1.61 bits per heavy atom. The number of hydrogen-bond donors (Lipinski definition) is 1. The van der Waals surface area contributed by atoms with Crippen LogP contribution in [0.3, 0.4) is 0 Å². The fraction of sp³-hybridized carbons (Fsp3) is 0.190. The second kappa shape index (κ2) is 9.90. The van der Waals surface area contributed by atoms with Crippen molar-refractivity contribution < 1.29 is 31.8 Å². The molecule has 0 unspecified atom stereocenters. The summed E-state index contributed by atoms with van der Waals surface area (Å²) in [4.78, 5) is 2.11. The molecule has 0 fully saturated rings. The quantitative estimate of drug-likeness (QED) is 0.376. The van der Waals surface area contributed by atoms with Crippen LogP contribution in [0.5, 0.6) is 23.0 Å². The van der Waals surface area contributed by atoms with Crippen LogP contribution in [-0.2, 0) is 16.6 Å². The van der Waals surface area contributed by atoms with Crippen molar-refractivity contribution in [3.8, 4) is 23.0 Å². The maximum atomic E-state index is 12.4. The fourth-order valence-electron chi connectivity index (χ4n) is 2.56. The van der Waals surface area contributed by atoms with Crippen molar-refractivity contribution in [2.75, 3.05) is 21.3 Å². The van der Waals surface area contributed by atoms with Gasteiger partial charge in [0.2, 0.25) is 0 Å². The summed E-state index contributed by atoms with van der Waals surface area (Å²) >= 11 is 0. The number of furan rings is 1. The molecule has 3 aromatic rings. The van der Waals surface area contributed by atoms with Gasteiger partial charge in [-0.2, -0.15) is 18.4 Å². The molecule has 0 saturated carbocycles. The molecule has 1 aromatic heterocycles. The number of hydrazone groups is 1. The van der Waals surface area contributed by atoms with Gasteiger partial charge in [0.15, 0.2) is 11.5 Å². The maximum Gasteiger partial charge on any atom is 0.276 e. The molecule has 0 aliphatic heterocycles. The van der Waals surface area contributed by atoms with Crippen LogP contribution in [0.15, 0.2) is 69.0 Å². The molecule has 3 rings (SSSR count). The van der Waals surface area contributed by atoms with E-state index in [-0.39, 0.29) is 11.5 Å². The molecule has 164 valence electrons. The maximum absolute atomic E-state index is 12.4. The minimum Gasteiger partial charge on any atom is -0.497 e. The third-order valence-corrected chi connectivity index (χ3v) is 5.37. The van der Waals surface area contributed by atoms with E-state index >= 15 is 0 Å². The van der Waals surface area contributed by atoms with Gasteiger partial charge in [0.25, 0.3) is 10.0 Å². The molecule has 0 amide bonds. The third-order valence-electron chi connectivity index (χ3n) is 4.15. The zero-order valence-corrected chi connectivity index (χ0v) is 18.0. The lowest BCUT2D eigenvalue weighted by Crippen LogP contribution is -2.18. The number of benzene rings is 2. The smallest absolute Gasteiger partial charge is 0.276 e. The van der Waals surface area contributed by atoms with Gasteiger partial charge in [0.1, 0.15) is 29.6 Å². The summed E-state index contributed by atoms with van der Waals surface area (Å²) in [6, 6.07) is 14.8. The molecule has 0 radical (unpaired) electrons. The van der Waals surface area contributed by atoms with E-state index < -0.39 is 10.0 Å². The van der Waals surface area contributed by atoms with E-state index in [1.54, 1.807) is 43.5 Å². The van der Waals surface area contributed by atoms with Crippen LogP contribution in [0.2, 0.25) is 0 Å². The second-order valence-electron chi connectivity index (χ2n) is 6.14. The Morgan fingerprint density at radius 3 is 2.29 bits per heavy atom. The number of methoxy groups -OCH3 is 3. The summed E-state index contributed by atoms with van der Waals surface area (Å²) in [6.07, 6.45) is 1.26. The number of sulfonamides is 1. The summed E-state index contributed by atoms with van der Waals surface area (Å²) < 4.78 is 51.4. The van der Waals surface area contributed by atoms with Crippen LogP contribution in [0, 0.1) is 0 Å². The molecule has 1 heterocycles. The molecule has 10 heteroatoms. The number of nitrogens with one attached hydrogen (secondary N) is 1. The molecular weight excluding hydrogens is 424 g/mol. The van der Waals surface area contributed by atoms with Gasteiger partial charge in [0.05, 0.1) is 32.4 Å². The predicted octanol–water partition coefficient (Wildman–Crippen LogP) is 3.20. The highest BCUT2D eigenvalue weighted by Crippen LogP contribution is 2.29. The first kappa shape index (κ1) is 22.0. The lowest BCUT2D eigenvalue weighted by Gasteiger charge is -2.09. The van der Waals surface area contributed by atoms with Gasteiger partial charge in [-0.05, 0) is 48.5 Å². The SMILES string of the molecule is COc1ccc(OCc2ccc(/C=N/NS(=O)(=O)c3ccc(OC)c(OC)c3)o2)cc1. The molecule has 2 aromatic carbocycles. The number of hydrogen-bond acceptors (Lipinski definition) is 8. The summed E-state index contributed by atoms with van der Waals surface area (Å²) in [7, 11) is 0.589. The van der Waals surface area contributed by atoms with Crippen molar-refractivity contribution in [2.24, 2.45) is 5.10 Å². The first-order valence-electron chi connectivity index (χ1n) is 9.07. The normalized spacial score (nSPS) is 11.3. The summed E-state index contributed by atoms with van der Waals surface area (Å²) in [5.74, 6) is 3.03. The first-order chi connectivity index (χ1) is 14.9. The van der Waals surface area contributed by atoms with Gasteiger partial charge in [-0.1, -0.05) is 0 Å². The van der Waals surface area contributed by atoms with Crippen molar-refractivity contribution in [1.82, 2.24) is 4.83 Å². The molecule has 0 atom stereocenters. The van der Waals surface area contributed by atoms with Crippen LogP contribution >= 0.6 is 0 Å². The highest BCUT2D eigenvalue weighted by Gasteiger charge is 2.16. The zero-order valence-electron chi connectivity index (χ0n) is 17.2. The second-order valence-corrected chi connectivity index (χ2v) is 7.80. The van der Waals surface area contributed by atoms with Crippen LogP contribution in [0.25, 0.3) is 0 Å². The summed E-state index contributed by atoms with van der Waals surface area (Å²) in [5.41, 5.74) is 0. The van der Waals surface area contributed by atoms with Crippen LogP contribution < -0.4 is 23.8 Å². The van der Waals surface area contributed by atoms with E-state index in [2.05, 4.69) is 9.93 Å². The van der Waals surface area contributed by atoms with E-state index in [0.29, 0.717) is 28.8 Å². The van der Waals surface area contributed by atoms with E-state index in [0.717, 1.165) is 5.75 Å². The van der Waals surface area contributed by atoms with E-state index in [4.69, 9.17) is 23.4 Å². The van der Waals surface area contributed by atoms with Gasteiger partial charge < -0.3 is 23.4 Å². The number of nitrogens with zero attached hydrogens (tertiary/aromatic N) is 1. The lowest BCUT2D eigenvalue weighted by molar-refractivity contribution is 0.269. The number of rotatable bonds is 10. The van der Waals surface area contributed by atoms with E-state index in [1.807, 2.05) is 0 Å². The van der Waals surface area contributed by atoms with E-state index in [1.165, 1.54) is 38.6 Å². The van der Waals surface area contributed by atoms with Gasteiger partial charge in [-0.15, -0.1) is 0 Å². The molecule has 31 heavy (non-hydrogen) atoms. The van der Waals surface area contributed by atoms with Gasteiger partial charge in [-0.25, -0.2) is 0 Å². The molecule has 0 aliphatic carbocycles. The van der Waals surface area contributed by atoms with Crippen LogP contribution in [0.1, 0.15) is 11.5 Å². The highest BCUT2D eigenvalue weighted by molar-refractivity contribution is 7.89. The lowest BCUT2D eigenvalue weighted by atomic mass is 10.3. The molecule has 0 saturated heterocycles. The van der Waals surface area contributed by atoms with Crippen molar-refractivity contribution >= 4 is 16.2 Å². The van der Waals surface area contributed by atoms with Gasteiger partial charge in [-0.3, -0.25) is 0 Å². The highest BCUT2D eigenvalue weighted by atomic mass is 32.2. The van der Waals surface area contributed by atoms with Crippen molar-refractivity contribution in [2.45, 2.75) is 11.5 Å². The average molecular weight is 446 g/mol. The topological polar surface area (TPSA) is 109 Å². The zero-order chi connectivity index (χ0) is 22.3. The van der Waals surface area contributed by atoms with Crippen LogP contribution in [0.4, 0.5) is 0 Å². The van der Waals surface area contributed by atoms with Crippen LogP contribution in [-0.4, -0.2) is 36.0 Å². The van der Waals surface area contributed by atoms with Crippen molar-refractivity contribution in [3.05, 3.63) is 66.1 Å². The molecule has 0 bridgehead atoms. The molecule has 9 nitrogen and oxygen atoms in total. The fourth-order valence-corrected chi connectivity index (χ4v) is 3.37. The largest absolute Gasteiger partial charge is 0.497 e. The van der Waals surface area contributed by atoms with E-state index in [9.17, 15) is 8.42 Å². The minimum absolute atomic E-state index is 0.0182. The Labute approximate surface area is 180 Å². The Bertz CT molecular complexity index is 1140. The summed E-state index contributed by atoms with van der Waals surface area (Å²) in [6.45, 7) is 0.206. The molecule has 1 N–H and O–H groups in total. The van der Waals surface area contributed by atoms with Gasteiger partial charge in [0, 0.05) is 6.07 Å². The van der Waals surface area contributed by atoms with Gasteiger partial charge >= 0.3 is 0 Å². The van der Waals surface area contributed by atoms with Crippen molar-refractivity contribution in [3.63, 3.8) is 0 Å². The Hall–Kier alpha value is -3.66. The number of ether oxygens (including phenoxy) is 4. The Morgan fingerprint density at radius 1 is 0.903 bits per heavy atom. The standard InChI is InChI=1S/C21H22N2O7S/c1-26-15-4-6-16(7-5-15)29-14-18-9-8-17(30-18)13-22-23-31(24,25)19-10-11-20(27-2)21(12-19)28-3/h4-13,23H,14H2,1-3H3/b22-13+. The summed E-state index contributed by atoms with van der Waals surface area (Å²) in [5, 5.41) is 3.75. The van der Waals surface area contributed by atoms with Crippen molar-refractivity contribution in [1.29, 1.82) is 0 Å². The minimum atomic E-state index is -3.89. The molecule has 0 spiro atoms. The molecule has 0 aliphatic rings. The monoisotopic (exact) mass is 446 g/mol. The Kier molecular flexibility index (Phi) is 7.03. The Balaban J connectivity index is 1.59. The average Bonchev–Trinajstić information content (AvgIpc) is 3.25. The molecular formula is C21H22N2O7S. The first-order valence-corrected chi connectivity index (χ1v) is 10.6.